The average molecular weight is 279 g/mol. The second kappa shape index (κ2) is 8.98. The largest absolute Gasteiger partial charge is 0.481 e. The molecule has 0 heterocycles. The monoisotopic (exact) mass is 278 g/mol. The van der Waals surface area contributed by atoms with Crippen molar-refractivity contribution in [2.24, 2.45) is 0 Å². The third-order valence-electron chi connectivity index (χ3n) is 3.22. The van der Waals surface area contributed by atoms with E-state index in [1.54, 1.807) is 0 Å². The zero-order chi connectivity index (χ0) is 13.3. The zero-order valence-corrected chi connectivity index (χ0v) is 13.2. The van der Waals surface area contributed by atoms with E-state index in [0.29, 0.717) is 0 Å². The minimum atomic E-state index is -2.06. The van der Waals surface area contributed by atoms with Gasteiger partial charge in [0.15, 0.2) is 7.38 Å². The third-order valence-corrected chi connectivity index (χ3v) is 6.21. The first kappa shape index (κ1) is 17.0. The Morgan fingerprint density at radius 3 is 2.00 bits per heavy atom. The van der Waals surface area contributed by atoms with E-state index in [-0.39, 0.29) is 5.54 Å². The lowest BCUT2D eigenvalue weighted by Gasteiger charge is -2.22. The summed E-state index contributed by atoms with van der Waals surface area (Å²) in [6, 6.07) is 0. The summed E-state index contributed by atoms with van der Waals surface area (Å²) >= 11 is 6.23. The molecule has 0 radical (unpaired) electrons. The fourth-order valence-corrected chi connectivity index (χ4v) is 4.15. The highest BCUT2D eigenvalue weighted by molar-refractivity contribution is 7.20. The van der Waals surface area contributed by atoms with Crippen LogP contribution in [0.5, 0.6) is 0 Å². The van der Waals surface area contributed by atoms with E-state index in [9.17, 15) is 4.79 Å². The standard InChI is InChI=1S/C13H27ClO2Si/c1-4-5-6-7-8-9-10-11-12(13(15)16)17(2,3)14/h12H,4-11H2,1-3H3,(H,15,16). The van der Waals surface area contributed by atoms with Gasteiger partial charge in [-0.1, -0.05) is 65.0 Å². The number of carbonyl (C=O) groups is 1. The van der Waals surface area contributed by atoms with Crippen molar-refractivity contribution in [2.75, 3.05) is 0 Å². The zero-order valence-electron chi connectivity index (χ0n) is 11.5. The Morgan fingerprint density at radius 1 is 1.12 bits per heavy atom. The van der Waals surface area contributed by atoms with Crippen molar-refractivity contribution < 1.29 is 9.90 Å². The first-order chi connectivity index (χ1) is 7.89. The second-order valence-corrected chi connectivity index (χ2v) is 12.1. The molecule has 4 heteroatoms. The molecule has 17 heavy (non-hydrogen) atoms. The highest BCUT2D eigenvalue weighted by Gasteiger charge is 2.35. The van der Waals surface area contributed by atoms with Gasteiger partial charge in [-0.25, -0.2) is 0 Å². The molecule has 0 amide bonds. The molecule has 1 unspecified atom stereocenters. The van der Waals surface area contributed by atoms with Crippen molar-refractivity contribution >= 4 is 24.4 Å². The maximum atomic E-state index is 11.1. The molecule has 0 aliphatic carbocycles. The predicted molar refractivity (Wildman–Crippen MR) is 77.3 cm³/mol. The number of carboxylic acid groups (broad SMARTS) is 1. The minimum absolute atomic E-state index is 0.292. The van der Waals surface area contributed by atoms with Gasteiger partial charge in [-0.15, -0.1) is 0 Å². The van der Waals surface area contributed by atoms with Crippen LogP contribution in [0.4, 0.5) is 0 Å². The van der Waals surface area contributed by atoms with E-state index < -0.39 is 13.4 Å². The second-order valence-electron chi connectivity index (χ2n) is 5.37. The number of halogens is 1. The van der Waals surface area contributed by atoms with Crippen molar-refractivity contribution in [3.8, 4) is 0 Å². The maximum Gasteiger partial charge on any atom is 0.304 e. The van der Waals surface area contributed by atoms with Gasteiger partial charge in [0.25, 0.3) is 0 Å². The Kier molecular flexibility index (Phi) is 8.97. The van der Waals surface area contributed by atoms with Crippen molar-refractivity contribution in [1.82, 2.24) is 0 Å². The van der Waals surface area contributed by atoms with Gasteiger partial charge in [0.2, 0.25) is 0 Å². The number of hydrogen-bond acceptors (Lipinski definition) is 1. The summed E-state index contributed by atoms with van der Waals surface area (Å²) in [5.41, 5.74) is -0.292. The topological polar surface area (TPSA) is 37.3 Å². The highest BCUT2D eigenvalue weighted by atomic mass is 35.6. The lowest BCUT2D eigenvalue weighted by Crippen LogP contribution is -2.31. The van der Waals surface area contributed by atoms with Gasteiger partial charge in [0.05, 0.1) is 5.54 Å². The van der Waals surface area contributed by atoms with E-state index in [2.05, 4.69) is 6.92 Å². The van der Waals surface area contributed by atoms with E-state index in [4.69, 9.17) is 16.2 Å². The summed E-state index contributed by atoms with van der Waals surface area (Å²) < 4.78 is 0. The van der Waals surface area contributed by atoms with Crippen LogP contribution in [0.15, 0.2) is 0 Å². The van der Waals surface area contributed by atoms with Gasteiger partial charge in [-0.05, 0) is 6.42 Å². The number of unbranched alkanes of at least 4 members (excludes halogenated alkanes) is 6. The summed E-state index contributed by atoms with van der Waals surface area (Å²) in [5.74, 6) is -0.706. The summed E-state index contributed by atoms with van der Waals surface area (Å²) in [6.45, 7) is 6.06. The Balaban J connectivity index is 3.67. The van der Waals surface area contributed by atoms with Gasteiger partial charge >= 0.3 is 5.97 Å². The Labute approximate surface area is 111 Å². The van der Waals surface area contributed by atoms with Crippen LogP contribution in [0.3, 0.4) is 0 Å². The summed E-state index contributed by atoms with van der Waals surface area (Å²) in [5, 5.41) is 9.13. The van der Waals surface area contributed by atoms with E-state index in [1.165, 1.54) is 32.1 Å². The Hall–Kier alpha value is -0.0231. The molecular weight excluding hydrogens is 252 g/mol. The molecule has 0 aromatic heterocycles. The van der Waals surface area contributed by atoms with Gasteiger partial charge in [-0.2, -0.15) is 11.1 Å². The molecule has 0 fully saturated rings. The van der Waals surface area contributed by atoms with Crippen LogP contribution in [-0.4, -0.2) is 18.5 Å². The van der Waals surface area contributed by atoms with Crippen LogP contribution in [-0.2, 0) is 4.79 Å². The van der Waals surface area contributed by atoms with Crippen LogP contribution in [0.25, 0.3) is 0 Å². The quantitative estimate of drug-likeness (QED) is 0.346. The molecule has 0 spiro atoms. The number of hydrogen-bond donors (Lipinski definition) is 1. The summed E-state index contributed by atoms with van der Waals surface area (Å²) in [7, 11) is -2.06. The van der Waals surface area contributed by atoms with Crippen LogP contribution in [0.1, 0.15) is 58.3 Å². The number of rotatable bonds is 10. The van der Waals surface area contributed by atoms with Crippen molar-refractivity contribution in [2.45, 2.75) is 76.9 Å². The van der Waals surface area contributed by atoms with Crippen LogP contribution in [0, 0.1) is 0 Å². The first-order valence-electron chi connectivity index (χ1n) is 6.81. The third kappa shape index (κ3) is 8.67. The minimum Gasteiger partial charge on any atom is -0.481 e. The molecule has 0 aromatic rings. The van der Waals surface area contributed by atoms with Gasteiger partial charge in [-0.3, -0.25) is 4.79 Å². The van der Waals surface area contributed by atoms with Crippen LogP contribution in [0.2, 0.25) is 18.6 Å². The molecule has 0 aliphatic heterocycles. The number of aliphatic carboxylic acids is 1. The fraction of sp³-hybridized carbons (Fsp3) is 0.923. The maximum absolute atomic E-state index is 11.1. The van der Waals surface area contributed by atoms with E-state index >= 15 is 0 Å². The van der Waals surface area contributed by atoms with Crippen LogP contribution >= 0.6 is 11.1 Å². The molecule has 0 aromatic carbocycles. The molecule has 0 aliphatic rings. The molecule has 0 bridgehead atoms. The molecule has 0 saturated carbocycles. The van der Waals surface area contributed by atoms with Gasteiger partial charge in [0, 0.05) is 0 Å². The molecule has 102 valence electrons. The number of carboxylic acids is 1. The Bertz CT molecular complexity index is 214. The molecular formula is C13H27ClO2Si. The normalized spacial score (nSPS) is 13.6. The van der Waals surface area contributed by atoms with Crippen LogP contribution < -0.4 is 0 Å². The lowest BCUT2D eigenvalue weighted by atomic mass is 10.1. The van der Waals surface area contributed by atoms with Crippen molar-refractivity contribution in [3.05, 3.63) is 0 Å². The first-order valence-corrected chi connectivity index (χ1v) is 10.9. The van der Waals surface area contributed by atoms with Gasteiger partial charge < -0.3 is 5.11 Å². The molecule has 1 atom stereocenters. The highest BCUT2D eigenvalue weighted by Crippen LogP contribution is 2.31. The van der Waals surface area contributed by atoms with E-state index in [0.717, 1.165) is 19.3 Å². The molecule has 1 N–H and O–H groups in total. The fourth-order valence-electron chi connectivity index (χ4n) is 2.07. The predicted octanol–water partition coefficient (Wildman–Crippen LogP) is 5.03. The summed E-state index contributed by atoms with van der Waals surface area (Å²) in [4.78, 5) is 11.1. The van der Waals surface area contributed by atoms with E-state index in [1.807, 2.05) is 13.1 Å². The smallest absolute Gasteiger partial charge is 0.304 e. The lowest BCUT2D eigenvalue weighted by molar-refractivity contribution is -0.137. The average Bonchev–Trinajstić information content (AvgIpc) is 2.19. The molecule has 0 rings (SSSR count). The van der Waals surface area contributed by atoms with Gasteiger partial charge in [0.1, 0.15) is 0 Å². The van der Waals surface area contributed by atoms with Crippen molar-refractivity contribution in [1.29, 1.82) is 0 Å². The Morgan fingerprint density at radius 2 is 1.59 bits per heavy atom. The SMILES string of the molecule is CCCCCCCCCC(C(=O)O)[Si](C)(C)Cl. The molecule has 2 nitrogen and oxygen atoms in total. The molecule has 0 saturated heterocycles. The van der Waals surface area contributed by atoms with Crippen molar-refractivity contribution in [3.63, 3.8) is 0 Å². The summed E-state index contributed by atoms with van der Waals surface area (Å²) in [6.07, 6.45) is 9.33.